The number of nitrogens with zero attached hydrogens (tertiary/aromatic N) is 1. The van der Waals surface area contributed by atoms with E-state index < -0.39 is 7.26 Å². The second-order valence-corrected chi connectivity index (χ2v) is 15.2. The number of nitrogens with one attached hydrogen (secondary N) is 1. The maximum absolute atomic E-state index is 13.6. The Morgan fingerprint density at radius 2 is 1.29 bits per heavy atom. The summed E-state index contributed by atoms with van der Waals surface area (Å²) in [5, 5.41) is 8.18. The first-order chi connectivity index (χ1) is 20.0. The van der Waals surface area contributed by atoms with Crippen molar-refractivity contribution in [3.05, 3.63) is 160 Å². The normalized spacial score (nSPS) is 11.8. The molecule has 0 bridgehead atoms. The molecular formula is C36H30IN2OP. The molecule has 41 heavy (non-hydrogen) atoms. The van der Waals surface area contributed by atoms with Crippen molar-refractivity contribution in [1.82, 2.24) is 4.98 Å². The van der Waals surface area contributed by atoms with Gasteiger partial charge in [0.25, 0.3) is 0 Å². The van der Waals surface area contributed by atoms with E-state index in [1.165, 1.54) is 21.5 Å². The molecule has 0 unspecified atom stereocenters. The number of hydrogen-bond donors (Lipinski definition) is 1. The summed E-state index contributed by atoms with van der Waals surface area (Å²) in [6.07, 6.45) is 0.839. The van der Waals surface area contributed by atoms with E-state index >= 15 is 0 Å². The average Bonchev–Trinajstić information content (AvgIpc) is 3.02. The second-order valence-electron chi connectivity index (χ2n) is 10.3. The summed E-state index contributed by atoms with van der Waals surface area (Å²) in [4.78, 5) is 18.2. The molecule has 1 heterocycles. The number of aryl methyl sites for hydroxylation is 1. The molecule has 1 amide bonds. The summed E-state index contributed by atoms with van der Waals surface area (Å²) < 4.78 is 0.986. The number of pyridine rings is 1. The Balaban J connectivity index is 1.41. The quantitative estimate of drug-likeness (QED) is 0.141. The van der Waals surface area contributed by atoms with Crippen LogP contribution in [0.2, 0.25) is 0 Å². The first-order valence-corrected chi connectivity index (χ1v) is 17.0. The van der Waals surface area contributed by atoms with Gasteiger partial charge in [0.15, 0.2) is 0 Å². The first-order valence-electron chi connectivity index (χ1n) is 13.7. The van der Waals surface area contributed by atoms with Crippen LogP contribution < -0.4 is 21.2 Å². The van der Waals surface area contributed by atoms with Crippen LogP contribution in [0, 0.1) is 10.5 Å². The Hall–Kier alpha value is -3.86. The topological polar surface area (TPSA) is 42.0 Å². The Labute approximate surface area is 255 Å². The predicted molar refractivity (Wildman–Crippen MR) is 184 cm³/mol. The van der Waals surface area contributed by atoms with E-state index in [4.69, 9.17) is 0 Å². The Morgan fingerprint density at radius 1 is 0.707 bits per heavy atom. The van der Waals surface area contributed by atoms with Gasteiger partial charge in [-0.1, -0.05) is 0 Å². The number of halogens is 1. The predicted octanol–water partition coefficient (Wildman–Crippen LogP) is 7.63. The van der Waals surface area contributed by atoms with E-state index in [0.29, 0.717) is 5.56 Å². The van der Waals surface area contributed by atoms with Gasteiger partial charge < -0.3 is 0 Å². The molecule has 0 aliphatic heterocycles. The van der Waals surface area contributed by atoms with Gasteiger partial charge in [-0.05, 0) is 6.92 Å². The Bertz CT molecular complexity index is 1730. The number of hydrogen-bond acceptors (Lipinski definition) is 2. The number of rotatable bonds is 7. The van der Waals surface area contributed by atoms with E-state index in [9.17, 15) is 4.79 Å². The molecule has 202 valence electrons. The number of aromatic nitrogens is 1. The molecule has 0 spiro atoms. The van der Waals surface area contributed by atoms with Crippen LogP contribution in [-0.2, 0) is 6.16 Å². The molecule has 0 atom stereocenters. The zero-order chi connectivity index (χ0) is 28.2. The number of carbonyl (C=O) groups excluding carboxylic acids is 1. The van der Waals surface area contributed by atoms with Crippen molar-refractivity contribution in [2.45, 2.75) is 13.1 Å². The molecule has 0 radical (unpaired) electrons. The number of benzene rings is 5. The number of carbonyl (C=O) groups is 1. The van der Waals surface area contributed by atoms with Gasteiger partial charge in [0, 0.05) is 0 Å². The van der Waals surface area contributed by atoms with Crippen LogP contribution in [0.4, 0.5) is 5.69 Å². The van der Waals surface area contributed by atoms with E-state index in [1.807, 2.05) is 49.4 Å². The molecular weight excluding hydrogens is 634 g/mol. The average molecular weight is 665 g/mol. The van der Waals surface area contributed by atoms with E-state index in [1.54, 1.807) is 0 Å². The first kappa shape index (κ1) is 27.3. The van der Waals surface area contributed by atoms with E-state index in [-0.39, 0.29) is 5.91 Å². The molecule has 0 saturated heterocycles. The van der Waals surface area contributed by atoms with Crippen LogP contribution in [0.3, 0.4) is 0 Å². The molecule has 1 N–H and O–H groups in total. The maximum atomic E-state index is 13.6. The number of amides is 1. The van der Waals surface area contributed by atoms with Crippen LogP contribution in [0.15, 0.2) is 140 Å². The van der Waals surface area contributed by atoms with E-state index in [0.717, 1.165) is 32.0 Å². The molecule has 6 rings (SSSR count). The Morgan fingerprint density at radius 3 is 1.88 bits per heavy atom. The van der Waals surface area contributed by atoms with Gasteiger partial charge >= 0.3 is 249 Å². The van der Waals surface area contributed by atoms with Crippen molar-refractivity contribution >= 4 is 68.3 Å². The van der Waals surface area contributed by atoms with Crippen LogP contribution in [0.1, 0.15) is 21.6 Å². The molecule has 3 nitrogen and oxygen atoms in total. The summed E-state index contributed by atoms with van der Waals surface area (Å²) in [5.41, 5.74) is 4.52. The zero-order valence-corrected chi connectivity index (χ0v) is 25.9. The standard InChI is InChI=1S/C36H30IN2OP/c1-26-20-21-27-24-29(22-23-34(27)38-26)39-36(40)33-19-11-12-28(35(33)37)25-41(30-13-5-2-6-14-30,31-15-7-3-8-16-31)32-17-9-4-10-18-32/h2-24,41H,25H2,1H3,(H,39,40). The zero-order valence-electron chi connectivity index (χ0n) is 22.7. The summed E-state index contributed by atoms with van der Waals surface area (Å²) in [7, 11) is -2.51. The van der Waals surface area contributed by atoms with Gasteiger partial charge in [0.05, 0.1) is 0 Å². The third-order valence-corrected chi connectivity index (χ3v) is 13.8. The summed E-state index contributed by atoms with van der Waals surface area (Å²) in [6.45, 7) is 1.98. The van der Waals surface area contributed by atoms with Crippen molar-refractivity contribution in [3.63, 3.8) is 0 Å². The van der Waals surface area contributed by atoms with Crippen LogP contribution in [0.25, 0.3) is 10.9 Å². The minimum absolute atomic E-state index is 0.109. The molecule has 0 aliphatic rings. The molecule has 1 aromatic heterocycles. The summed E-state index contributed by atoms with van der Waals surface area (Å²) >= 11 is 2.37. The molecule has 0 aliphatic carbocycles. The van der Waals surface area contributed by atoms with Crippen LogP contribution in [0.5, 0.6) is 0 Å². The van der Waals surface area contributed by atoms with Gasteiger partial charge in [-0.25, -0.2) is 0 Å². The summed E-state index contributed by atoms with van der Waals surface area (Å²) in [5.74, 6) is -0.109. The van der Waals surface area contributed by atoms with E-state index in [2.05, 4.69) is 130 Å². The third kappa shape index (κ3) is 5.55. The second kappa shape index (κ2) is 11.9. The molecule has 5 aromatic carbocycles. The number of fused-ring (bicyclic) bond motifs is 1. The van der Waals surface area contributed by atoms with Crippen molar-refractivity contribution in [2.24, 2.45) is 0 Å². The molecule has 6 aromatic rings. The molecule has 0 saturated carbocycles. The summed E-state index contributed by atoms with van der Waals surface area (Å²) in [6, 6.07) is 48.7. The van der Waals surface area contributed by atoms with Crippen molar-refractivity contribution in [1.29, 1.82) is 0 Å². The van der Waals surface area contributed by atoms with Crippen LogP contribution in [-0.4, -0.2) is 10.9 Å². The minimum atomic E-state index is -2.51. The van der Waals surface area contributed by atoms with Gasteiger partial charge in [0.1, 0.15) is 0 Å². The number of anilines is 1. The fourth-order valence-electron chi connectivity index (χ4n) is 5.66. The fourth-order valence-corrected chi connectivity index (χ4v) is 11.6. The van der Waals surface area contributed by atoms with Gasteiger partial charge in [-0.15, -0.1) is 0 Å². The van der Waals surface area contributed by atoms with Gasteiger partial charge in [0.2, 0.25) is 0 Å². The molecule has 0 fully saturated rings. The van der Waals surface area contributed by atoms with Gasteiger partial charge in [-0.3, -0.25) is 0 Å². The third-order valence-electron chi connectivity index (χ3n) is 7.67. The van der Waals surface area contributed by atoms with Crippen LogP contribution >= 0.6 is 29.9 Å². The van der Waals surface area contributed by atoms with Crippen molar-refractivity contribution in [3.8, 4) is 0 Å². The fraction of sp³-hybridized carbons (Fsp3) is 0.0556. The van der Waals surface area contributed by atoms with Crippen molar-refractivity contribution < 1.29 is 4.79 Å². The monoisotopic (exact) mass is 664 g/mol. The van der Waals surface area contributed by atoms with Gasteiger partial charge in [-0.2, -0.15) is 0 Å². The SMILES string of the molecule is Cc1ccc2cc(NC(=O)c3cccc(C[PH](c4ccccc4)(c4ccccc4)c4ccccc4)c3I)ccc2n1. The molecule has 5 heteroatoms. The Kier molecular flexibility index (Phi) is 7.95. The van der Waals surface area contributed by atoms with Crippen molar-refractivity contribution in [2.75, 3.05) is 5.32 Å².